The Bertz CT molecular complexity index is 326. The average Bonchev–Trinajstić information content (AvgIpc) is 2.29. The molecule has 0 bridgehead atoms. The molecule has 1 aliphatic rings. The summed E-state index contributed by atoms with van der Waals surface area (Å²) in [5.74, 6) is 0.992. The molecule has 0 aromatic carbocycles. The van der Waals surface area contributed by atoms with Gasteiger partial charge in [0.25, 0.3) is 0 Å². The Morgan fingerprint density at radius 3 is 2.73 bits per heavy atom. The Morgan fingerprint density at radius 2 is 2.13 bits per heavy atom. The molecule has 2 rings (SSSR count). The predicted molar refractivity (Wildman–Crippen MR) is 62.0 cm³/mol. The first-order valence-corrected chi connectivity index (χ1v) is 5.84. The van der Waals surface area contributed by atoms with E-state index in [1.54, 1.807) is 13.4 Å². The van der Waals surface area contributed by atoms with E-state index in [1.807, 2.05) is 6.07 Å². The van der Waals surface area contributed by atoms with Crippen LogP contribution in [0.3, 0.4) is 0 Å². The van der Waals surface area contributed by atoms with Crippen molar-refractivity contribution in [2.45, 2.75) is 18.9 Å². The quantitative estimate of drug-likeness (QED) is 0.770. The SMILES string of the molecule is COC1CCN(c2cc(Br)ncn2)CC1. The monoisotopic (exact) mass is 271 g/mol. The van der Waals surface area contributed by atoms with Crippen LogP contribution in [0.5, 0.6) is 0 Å². The lowest BCUT2D eigenvalue weighted by molar-refractivity contribution is 0.0818. The summed E-state index contributed by atoms with van der Waals surface area (Å²) in [5.41, 5.74) is 0. The van der Waals surface area contributed by atoms with Crippen LogP contribution in [0.1, 0.15) is 12.8 Å². The lowest BCUT2D eigenvalue weighted by Gasteiger charge is -2.31. The lowest BCUT2D eigenvalue weighted by atomic mass is 10.1. The Balaban J connectivity index is 2.01. The molecule has 1 fully saturated rings. The van der Waals surface area contributed by atoms with Crippen LogP contribution in [-0.4, -0.2) is 36.3 Å². The zero-order valence-corrected chi connectivity index (χ0v) is 10.3. The van der Waals surface area contributed by atoms with Crippen molar-refractivity contribution >= 4 is 21.7 Å². The van der Waals surface area contributed by atoms with Gasteiger partial charge in [-0.2, -0.15) is 0 Å². The molecule has 0 spiro atoms. The van der Waals surface area contributed by atoms with Gasteiger partial charge >= 0.3 is 0 Å². The molecule has 2 heterocycles. The molecule has 0 amide bonds. The van der Waals surface area contributed by atoms with Gasteiger partial charge in [-0.25, -0.2) is 9.97 Å². The molecule has 0 aliphatic carbocycles. The number of halogens is 1. The van der Waals surface area contributed by atoms with Gasteiger partial charge in [-0.05, 0) is 28.8 Å². The van der Waals surface area contributed by atoms with Crippen molar-refractivity contribution in [1.29, 1.82) is 0 Å². The van der Waals surface area contributed by atoms with Gasteiger partial charge in [0.05, 0.1) is 6.10 Å². The summed E-state index contributed by atoms with van der Waals surface area (Å²) in [6.07, 6.45) is 4.13. The average molecular weight is 272 g/mol. The summed E-state index contributed by atoms with van der Waals surface area (Å²) >= 11 is 3.35. The molecule has 1 aromatic rings. The van der Waals surface area contributed by atoms with Crippen molar-refractivity contribution in [1.82, 2.24) is 9.97 Å². The normalized spacial score (nSPS) is 18.1. The van der Waals surface area contributed by atoms with E-state index >= 15 is 0 Å². The van der Waals surface area contributed by atoms with Crippen molar-refractivity contribution in [3.8, 4) is 0 Å². The number of anilines is 1. The van der Waals surface area contributed by atoms with Crippen LogP contribution in [0.15, 0.2) is 17.0 Å². The van der Waals surface area contributed by atoms with Crippen molar-refractivity contribution in [2.75, 3.05) is 25.1 Å². The number of piperidine rings is 1. The number of nitrogens with zero attached hydrogens (tertiary/aromatic N) is 3. The third-order valence-corrected chi connectivity index (χ3v) is 3.15. The fourth-order valence-corrected chi connectivity index (χ4v) is 2.11. The van der Waals surface area contributed by atoms with Crippen LogP contribution >= 0.6 is 15.9 Å². The van der Waals surface area contributed by atoms with Gasteiger partial charge in [-0.1, -0.05) is 0 Å². The third-order valence-electron chi connectivity index (χ3n) is 2.72. The molecule has 1 aromatic heterocycles. The van der Waals surface area contributed by atoms with Gasteiger partial charge in [0.2, 0.25) is 0 Å². The van der Waals surface area contributed by atoms with Crippen LogP contribution < -0.4 is 4.90 Å². The molecule has 15 heavy (non-hydrogen) atoms. The van der Waals surface area contributed by atoms with E-state index in [1.165, 1.54) is 0 Å². The summed E-state index contributed by atoms with van der Waals surface area (Å²) in [4.78, 5) is 10.5. The molecule has 1 saturated heterocycles. The first kappa shape index (κ1) is 10.8. The van der Waals surface area contributed by atoms with Gasteiger partial charge in [0, 0.05) is 26.3 Å². The number of ether oxygens (including phenoxy) is 1. The third kappa shape index (κ3) is 2.66. The number of methoxy groups -OCH3 is 1. The summed E-state index contributed by atoms with van der Waals surface area (Å²) in [6, 6.07) is 1.95. The van der Waals surface area contributed by atoms with E-state index in [2.05, 4.69) is 30.8 Å². The number of rotatable bonds is 2. The molecular weight excluding hydrogens is 258 g/mol. The van der Waals surface area contributed by atoms with Gasteiger partial charge in [-0.3, -0.25) is 0 Å². The van der Waals surface area contributed by atoms with Gasteiger partial charge in [-0.15, -0.1) is 0 Å². The van der Waals surface area contributed by atoms with E-state index < -0.39 is 0 Å². The fourth-order valence-electron chi connectivity index (χ4n) is 1.82. The zero-order chi connectivity index (χ0) is 10.7. The second-order valence-corrected chi connectivity index (χ2v) is 4.43. The molecule has 0 saturated carbocycles. The van der Waals surface area contributed by atoms with Crippen molar-refractivity contribution in [3.63, 3.8) is 0 Å². The highest BCUT2D eigenvalue weighted by molar-refractivity contribution is 9.10. The maximum Gasteiger partial charge on any atom is 0.133 e. The van der Waals surface area contributed by atoms with Crippen molar-refractivity contribution in [2.24, 2.45) is 0 Å². The summed E-state index contributed by atoms with van der Waals surface area (Å²) in [5, 5.41) is 0. The molecule has 0 unspecified atom stereocenters. The fraction of sp³-hybridized carbons (Fsp3) is 0.600. The highest BCUT2D eigenvalue weighted by atomic mass is 79.9. The highest BCUT2D eigenvalue weighted by Gasteiger charge is 2.19. The Morgan fingerprint density at radius 1 is 1.40 bits per heavy atom. The van der Waals surface area contributed by atoms with Crippen molar-refractivity contribution in [3.05, 3.63) is 17.0 Å². The standard InChI is InChI=1S/C10H14BrN3O/c1-15-8-2-4-14(5-3-8)10-6-9(11)12-7-13-10/h6-8H,2-5H2,1H3. The number of hydrogen-bond donors (Lipinski definition) is 0. The van der Waals surface area contributed by atoms with Gasteiger partial charge in [0.1, 0.15) is 16.7 Å². The molecule has 5 heteroatoms. The predicted octanol–water partition coefficient (Wildman–Crippen LogP) is 1.85. The summed E-state index contributed by atoms with van der Waals surface area (Å²) in [6.45, 7) is 2.00. The Kier molecular flexibility index (Phi) is 3.53. The van der Waals surface area contributed by atoms with Crippen molar-refractivity contribution < 1.29 is 4.74 Å². The van der Waals surface area contributed by atoms with Crippen LogP contribution in [-0.2, 0) is 4.74 Å². The smallest absolute Gasteiger partial charge is 0.133 e. The Hall–Kier alpha value is -0.680. The van der Waals surface area contributed by atoms with Crippen LogP contribution in [0.25, 0.3) is 0 Å². The van der Waals surface area contributed by atoms with E-state index in [0.717, 1.165) is 36.4 Å². The zero-order valence-electron chi connectivity index (χ0n) is 8.69. The minimum absolute atomic E-state index is 0.409. The van der Waals surface area contributed by atoms with E-state index in [-0.39, 0.29) is 0 Å². The second-order valence-electron chi connectivity index (χ2n) is 3.62. The molecule has 1 aliphatic heterocycles. The maximum atomic E-state index is 5.33. The molecule has 0 atom stereocenters. The first-order chi connectivity index (χ1) is 7.29. The minimum Gasteiger partial charge on any atom is -0.381 e. The van der Waals surface area contributed by atoms with E-state index in [9.17, 15) is 0 Å². The summed E-state index contributed by atoms with van der Waals surface area (Å²) < 4.78 is 6.16. The van der Waals surface area contributed by atoms with E-state index in [0.29, 0.717) is 6.10 Å². The lowest BCUT2D eigenvalue weighted by Crippen LogP contribution is -2.37. The molecule has 82 valence electrons. The number of aromatic nitrogens is 2. The molecule has 4 nitrogen and oxygen atoms in total. The minimum atomic E-state index is 0.409. The molecular formula is C10H14BrN3O. The molecule has 0 N–H and O–H groups in total. The van der Waals surface area contributed by atoms with Gasteiger partial charge in [0.15, 0.2) is 0 Å². The van der Waals surface area contributed by atoms with Crippen LogP contribution in [0.4, 0.5) is 5.82 Å². The molecule has 0 radical (unpaired) electrons. The number of hydrogen-bond acceptors (Lipinski definition) is 4. The summed E-state index contributed by atoms with van der Waals surface area (Å²) in [7, 11) is 1.78. The van der Waals surface area contributed by atoms with Crippen LogP contribution in [0.2, 0.25) is 0 Å². The van der Waals surface area contributed by atoms with E-state index in [4.69, 9.17) is 4.74 Å². The largest absolute Gasteiger partial charge is 0.381 e. The second kappa shape index (κ2) is 4.90. The highest BCUT2D eigenvalue weighted by Crippen LogP contribution is 2.20. The first-order valence-electron chi connectivity index (χ1n) is 5.05. The van der Waals surface area contributed by atoms with Gasteiger partial charge < -0.3 is 9.64 Å². The topological polar surface area (TPSA) is 38.2 Å². The van der Waals surface area contributed by atoms with Crippen LogP contribution in [0, 0.1) is 0 Å². The maximum absolute atomic E-state index is 5.33. The Labute approximate surface area is 97.8 Å².